The first-order chi connectivity index (χ1) is 9.35. The van der Waals surface area contributed by atoms with Crippen molar-refractivity contribution in [1.29, 1.82) is 0 Å². The molecular formula is C13H17BrFN3O2. The number of nitrogens with two attached hydrogens (primary N) is 1. The van der Waals surface area contributed by atoms with E-state index in [2.05, 4.69) is 26.6 Å². The standard InChI is InChI=1S/C13H17BrFN3O2/c1-3-7(2)11(12(16)19)18-13(20)17-10-5-4-8(14)6-9(10)15/h4-7,11H,3H2,1-2H3,(H2,16,19)(H2,17,18,20)/t7-,11-/m0/s1. The summed E-state index contributed by atoms with van der Waals surface area (Å²) < 4.78 is 14.1. The minimum absolute atomic E-state index is 0.0260. The van der Waals surface area contributed by atoms with Gasteiger partial charge in [0.2, 0.25) is 5.91 Å². The Labute approximate surface area is 125 Å². The molecule has 1 aromatic carbocycles. The normalized spacial score (nSPS) is 13.4. The molecule has 3 amide bonds. The molecule has 0 radical (unpaired) electrons. The van der Waals surface area contributed by atoms with Crippen LogP contribution in [0.25, 0.3) is 0 Å². The summed E-state index contributed by atoms with van der Waals surface area (Å²) in [5.74, 6) is -1.30. The highest BCUT2D eigenvalue weighted by molar-refractivity contribution is 9.10. The number of carbonyl (C=O) groups excluding carboxylic acids is 2. The van der Waals surface area contributed by atoms with Gasteiger partial charge in [-0.1, -0.05) is 36.2 Å². The molecule has 110 valence electrons. The number of urea groups is 1. The van der Waals surface area contributed by atoms with Gasteiger partial charge < -0.3 is 16.4 Å². The van der Waals surface area contributed by atoms with Crippen LogP contribution in [0.15, 0.2) is 22.7 Å². The van der Waals surface area contributed by atoms with Gasteiger partial charge in [-0.15, -0.1) is 0 Å². The number of hydrogen-bond donors (Lipinski definition) is 3. The van der Waals surface area contributed by atoms with Crippen molar-refractivity contribution in [2.75, 3.05) is 5.32 Å². The van der Waals surface area contributed by atoms with Crippen LogP contribution < -0.4 is 16.4 Å². The van der Waals surface area contributed by atoms with Crippen molar-refractivity contribution < 1.29 is 14.0 Å². The summed E-state index contributed by atoms with van der Waals surface area (Å²) in [7, 11) is 0. The fraction of sp³-hybridized carbons (Fsp3) is 0.385. The average Bonchev–Trinajstić information content (AvgIpc) is 2.38. The Balaban J connectivity index is 2.73. The molecule has 0 saturated carbocycles. The van der Waals surface area contributed by atoms with Crippen LogP contribution in [0.1, 0.15) is 20.3 Å². The van der Waals surface area contributed by atoms with Crippen molar-refractivity contribution in [3.8, 4) is 0 Å². The number of carbonyl (C=O) groups is 2. The molecule has 0 aliphatic heterocycles. The Morgan fingerprint density at radius 1 is 1.45 bits per heavy atom. The summed E-state index contributed by atoms with van der Waals surface area (Å²) in [6.45, 7) is 3.69. The number of amides is 3. The average molecular weight is 346 g/mol. The summed E-state index contributed by atoms with van der Waals surface area (Å²) in [6, 6.07) is 2.78. The summed E-state index contributed by atoms with van der Waals surface area (Å²) >= 11 is 3.12. The van der Waals surface area contributed by atoms with E-state index >= 15 is 0 Å². The van der Waals surface area contributed by atoms with Crippen LogP contribution in [-0.4, -0.2) is 18.0 Å². The SMILES string of the molecule is CC[C@H](C)[C@H](NC(=O)Nc1ccc(Br)cc1F)C(N)=O. The Bertz CT molecular complexity index is 510. The van der Waals surface area contributed by atoms with Gasteiger partial charge in [0.1, 0.15) is 11.9 Å². The van der Waals surface area contributed by atoms with Crippen LogP contribution in [0.4, 0.5) is 14.9 Å². The molecule has 2 atom stereocenters. The molecule has 0 aliphatic rings. The predicted molar refractivity (Wildman–Crippen MR) is 78.7 cm³/mol. The second-order valence-corrected chi connectivity index (χ2v) is 5.40. The zero-order valence-electron chi connectivity index (χ0n) is 11.2. The molecule has 1 rings (SSSR count). The summed E-state index contributed by atoms with van der Waals surface area (Å²) in [4.78, 5) is 23.1. The second kappa shape index (κ2) is 7.23. The molecule has 1 aromatic rings. The topological polar surface area (TPSA) is 84.2 Å². The molecule has 0 spiro atoms. The summed E-state index contributed by atoms with van der Waals surface area (Å²) in [5, 5.41) is 4.80. The van der Waals surface area contributed by atoms with Crippen molar-refractivity contribution in [1.82, 2.24) is 5.32 Å². The quantitative estimate of drug-likeness (QED) is 0.766. The van der Waals surface area contributed by atoms with Crippen LogP contribution >= 0.6 is 15.9 Å². The number of anilines is 1. The molecule has 0 bridgehead atoms. The van der Waals surface area contributed by atoms with E-state index in [1.54, 1.807) is 13.0 Å². The van der Waals surface area contributed by atoms with E-state index in [-0.39, 0.29) is 11.6 Å². The second-order valence-electron chi connectivity index (χ2n) is 4.49. The van der Waals surface area contributed by atoms with Gasteiger partial charge in [0.15, 0.2) is 0 Å². The third kappa shape index (κ3) is 4.48. The van der Waals surface area contributed by atoms with Gasteiger partial charge in [0, 0.05) is 4.47 Å². The molecule has 0 aliphatic carbocycles. The lowest BCUT2D eigenvalue weighted by Crippen LogP contribution is -2.49. The summed E-state index contributed by atoms with van der Waals surface area (Å²) in [6.07, 6.45) is 0.681. The van der Waals surface area contributed by atoms with Gasteiger partial charge in [-0.05, 0) is 24.1 Å². The Morgan fingerprint density at radius 3 is 2.60 bits per heavy atom. The number of hydrogen-bond acceptors (Lipinski definition) is 2. The lowest BCUT2D eigenvalue weighted by atomic mass is 9.99. The van der Waals surface area contributed by atoms with Crippen LogP contribution in [0.2, 0.25) is 0 Å². The van der Waals surface area contributed by atoms with Gasteiger partial charge >= 0.3 is 6.03 Å². The van der Waals surface area contributed by atoms with Crippen molar-refractivity contribution >= 4 is 33.6 Å². The monoisotopic (exact) mass is 345 g/mol. The van der Waals surface area contributed by atoms with Crippen LogP contribution in [0, 0.1) is 11.7 Å². The molecule has 0 unspecified atom stereocenters. The van der Waals surface area contributed by atoms with E-state index in [9.17, 15) is 14.0 Å². The number of rotatable bonds is 5. The minimum Gasteiger partial charge on any atom is -0.368 e. The fourth-order valence-corrected chi connectivity index (χ4v) is 1.95. The van der Waals surface area contributed by atoms with Crippen LogP contribution in [0.5, 0.6) is 0 Å². The Morgan fingerprint density at radius 2 is 2.10 bits per heavy atom. The number of halogens is 2. The highest BCUT2D eigenvalue weighted by Crippen LogP contribution is 2.19. The largest absolute Gasteiger partial charge is 0.368 e. The molecule has 0 heterocycles. The minimum atomic E-state index is -0.793. The number of nitrogens with one attached hydrogen (secondary N) is 2. The fourth-order valence-electron chi connectivity index (χ4n) is 1.62. The highest BCUT2D eigenvalue weighted by atomic mass is 79.9. The first kappa shape index (κ1) is 16.4. The Hall–Kier alpha value is -1.63. The molecular weight excluding hydrogens is 329 g/mol. The molecule has 20 heavy (non-hydrogen) atoms. The number of benzene rings is 1. The van der Waals surface area contributed by atoms with Gasteiger partial charge in [-0.25, -0.2) is 9.18 Å². The zero-order chi connectivity index (χ0) is 15.3. The molecule has 4 N–H and O–H groups in total. The van der Waals surface area contributed by atoms with Crippen LogP contribution in [-0.2, 0) is 4.79 Å². The van der Waals surface area contributed by atoms with Crippen LogP contribution in [0.3, 0.4) is 0 Å². The predicted octanol–water partition coefficient (Wildman–Crippen LogP) is 2.61. The smallest absolute Gasteiger partial charge is 0.319 e. The van der Waals surface area contributed by atoms with E-state index in [1.165, 1.54) is 12.1 Å². The summed E-state index contributed by atoms with van der Waals surface area (Å²) in [5.41, 5.74) is 5.27. The molecule has 0 saturated heterocycles. The van der Waals surface area contributed by atoms with E-state index < -0.39 is 23.8 Å². The maximum atomic E-state index is 13.6. The number of primary amides is 1. The third-order valence-corrected chi connectivity index (χ3v) is 3.48. The zero-order valence-corrected chi connectivity index (χ0v) is 12.8. The van der Waals surface area contributed by atoms with E-state index in [1.807, 2.05) is 6.92 Å². The molecule has 0 aromatic heterocycles. The molecule has 5 nitrogen and oxygen atoms in total. The van der Waals surface area contributed by atoms with Crippen molar-refractivity contribution in [2.24, 2.45) is 11.7 Å². The van der Waals surface area contributed by atoms with Crippen molar-refractivity contribution in [3.63, 3.8) is 0 Å². The third-order valence-electron chi connectivity index (χ3n) is 2.99. The maximum Gasteiger partial charge on any atom is 0.319 e. The molecule has 7 heteroatoms. The first-order valence-corrected chi connectivity index (χ1v) is 6.96. The van der Waals surface area contributed by atoms with Crippen molar-refractivity contribution in [2.45, 2.75) is 26.3 Å². The van der Waals surface area contributed by atoms with Gasteiger partial charge in [0.05, 0.1) is 5.69 Å². The van der Waals surface area contributed by atoms with Gasteiger partial charge in [-0.3, -0.25) is 4.79 Å². The van der Waals surface area contributed by atoms with Gasteiger partial charge in [0.25, 0.3) is 0 Å². The lowest BCUT2D eigenvalue weighted by molar-refractivity contribution is -0.120. The maximum absolute atomic E-state index is 13.6. The Kier molecular flexibility index (Phi) is 5.94. The first-order valence-electron chi connectivity index (χ1n) is 6.17. The van der Waals surface area contributed by atoms with Gasteiger partial charge in [-0.2, -0.15) is 0 Å². The van der Waals surface area contributed by atoms with E-state index in [4.69, 9.17) is 5.73 Å². The molecule has 0 fully saturated rings. The van der Waals surface area contributed by atoms with Crippen molar-refractivity contribution in [3.05, 3.63) is 28.5 Å². The lowest BCUT2D eigenvalue weighted by Gasteiger charge is -2.21. The van der Waals surface area contributed by atoms with E-state index in [0.717, 1.165) is 0 Å². The highest BCUT2D eigenvalue weighted by Gasteiger charge is 2.23. The van der Waals surface area contributed by atoms with E-state index in [0.29, 0.717) is 10.9 Å².